The molecule has 0 heterocycles. The standard InChI is InChI=1S/C18H27NO4/c1-21-15-12-17(23-3)16(22-2)11-14(15)18(20)19-13-9-7-5-4-6-8-10-13/h11-13H,4-10H2,1-3H3,(H,19,20). The lowest BCUT2D eigenvalue weighted by molar-refractivity contribution is 0.0927. The highest BCUT2D eigenvalue weighted by molar-refractivity contribution is 5.98. The van der Waals surface area contributed by atoms with Crippen molar-refractivity contribution >= 4 is 5.91 Å². The van der Waals surface area contributed by atoms with E-state index in [0.717, 1.165) is 12.8 Å². The van der Waals surface area contributed by atoms with E-state index in [-0.39, 0.29) is 11.9 Å². The van der Waals surface area contributed by atoms with Gasteiger partial charge in [-0.1, -0.05) is 32.1 Å². The number of hydrogen-bond donors (Lipinski definition) is 1. The molecule has 5 heteroatoms. The molecular formula is C18H27NO4. The van der Waals surface area contributed by atoms with E-state index in [1.165, 1.54) is 32.1 Å². The summed E-state index contributed by atoms with van der Waals surface area (Å²) in [5.41, 5.74) is 0.479. The fourth-order valence-electron chi connectivity index (χ4n) is 3.07. The van der Waals surface area contributed by atoms with Crippen molar-refractivity contribution in [1.82, 2.24) is 5.32 Å². The Hall–Kier alpha value is -1.91. The number of ether oxygens (including phenoxy) is 3. The Morgan fingerprint density at radius 2 is 1.39 bits per heavy atom. The second kappa shape index (κ2) is 8.65. The van der Waals surface area contributed by atoms with E-state index in [0.29, 0.717) is 22.8 Å². The van der Waals surface area contributed by atoms with Gasteiger partial charge in [-0.3, -0.25) is 4.79 Å². The van der Waals surface area contributed by atoms with Crippen LogP contribution in [-0.2, 0) is 0 Å². The number of carbonyl (C=O) groups is 1. The third-order valence-corrected chi connectivity index (χ3v) is 4.39. The summed E-state index contributed by atoms with van der Waals surface area (Å²) in [5, 5.41) is 3.15. The quantitative estimate of drug-likeness (QED) is 0.901. The van der Waals surface area contributed by atoms with E-state index >= 15 is 0 Å². The number of amides is 1. The van der Waals surface area contributed by atoms with Crippen LogP contribution < -0.4 is 19.5 Å². The van der Waals surface area contributed by atoms with Crippen LogP contribution >= 0.6 is 0 Å². The van der Waals surface area contributed by atoms with Gasteiger partial charge in [0.25, 0.3) is 5.91 Å². The second-order valence-corrected chi connectivity index (χ2v) is 5.92. The molecular weight excluding hydrogens is 294 g/mol. The minimum Gasteiger partial charge on any atom is -0.496 e. The zero-order chi connectivity index (χ0) is 16.7. The number of hydrogen-bond acceptors (Lipinski definition) is 4. The maximum Gasteiger partial charge on any atom is 0.255 e. The van der Waals surface area contributed by atoms with Gasteiger partial charge in [-0.2, -0.15) is 0 Å². The molecule has 5 nitrogen and oxygen atoms in total. The molecule has 0 aromatic heterocycles. The lowest BCUT2D eigenvalue weighted by Gasteiger charge is -2.22. The summed E-state index contributed by atoms with van der Waals surface area (Å²) in [6.45, 7) is 0. The van der Waals surface area contributed by atoms with Gasteiger partial charge in [-0.15, -0.1) is 0 Å². The molecule has 1 N–H and O–H groups in total. The molecule has 0 saturated heterocycles. The highest BCUT2D eigenvalue weighted by atomic mass is 16.5. The fraction of sp³-hybridized carbons (Fsp3) is 0.611. The normalized spacial score (nSPS) is 16.1. The van der Waals surface area contributed by atoms with Gasteiger partial charge in [-0.05, 0) is 12.8 Å². The maximum atomic E-state index is 12.7. The van der Waals surface area contributed by atoms with Crippen LogP contribution in [-0.4, -0.2) is 33.3 Å². The van der Waals surface area contributed by atoms with Crippen molar-refractivity contribution in [2.24, 2.45) is 0 Å². The Morgan fingerprint density at radius 1 is 0.870 bits per heavy atom. The van der Waals surface area contributed by atoms with Gasteiger partial charge < -0.3 is 19.5 Å². The molecule has 0 spiro atoms. The van der Waals surface area contributed by atoms with Gasteiger partial charge in [-0.25, -0.2) is 0 Å². The number of rotatable bonds is 5. The van der Waals surface area contributed by atoms with Crippen molar-refractivity contribution in [1.29, 1.82) is 0 Å². The molecule has 1 aromatic rings. The monoisotopic (exact) mass is 321 g/mol. The van der Waals surface area contributed by atoms with Crippen LogP contribution in [0.25, 0.3) is 0 Å². The summed E-state index contributed by atoms with van der Waals surface area (Å²) in [5.74, 6) is 1.45. The first kappa shape index (κ1) is 17.4. The van der Waals surface area contributed by atoms with E-state index in [2.05, 4.69) is 5.32 Å². The second-order valence-electron chi connectivity index (χ2n) is 5.92. The number of methoxy groups -OCH3 is 3. The largest absolute Gasteiger partial charge is 0.496 e. The molecule has 2 rings (SSSR count). The van der Waals surface area contributed by atoms with Gasteiger partial charge >= 0.3 is 0 Å². The summed E-state index contributed by atoms with van der Waals surface area (Å²) in [6.07, 6.45) is 8.26. The lowest BCUT2D eigenvalue weighted by atomic mass is 9.96. The third kappa shape index (κ3) is 4.53. The molecule has 0 bridgehead atoms. The highest BCUT2D eigenvalue weighted by Gasteiger charge is 2.20. The SMILES string of the molecule is COc1cc(OC)c(C(=O)NC2CCCCCCC2)cc1OC. The van der Waals surface area contributed by atoms with E-state index < -0.39 is 0 Å². The minimum absolute atomic E-state index is 0.117. The van der Waals surface area contributed by atoms with Gasteiger partial charge in [0.05, 0.1) is 26.9 Å². The van der Waals surface area contributed by atoms with Crippen LogP contribution in [0.5, 0.6) is 17.2 Å². The smallest absolute Gasteiger partial charge is 0.255 e. The molecule has 23 heavy (non-hydrogen) atoms. The molecule has 0 aliphatic heterocycles. The van der Waals surface area contributed by atoms with Gasteiger partial charge in [0.1, 0.15) is 5.75 Å². The Bertz CT molecular complexity index is 522. The predicted octanol–water partition coefficient (Wildman–Crippen LogP) is 3.56. The van der Waals surface area contributed by atoms with Gasteiger partial charge in [0, 0.05) is 18.2 Å². The van der Waals surface area contributed by atoms with Gasteiger partial charge in [0.2, 0.25) is 0 Å². The number of benzene rings is 1. The average molecular weight is 321 g/mol. The van der Waals surface area contributed by atoms with E-state index in [4.69, 9.17) is 14.2 Å². The Labute approximate surface area is 138 Å². The van der Waals surface area contributed by atoms with Crippen molar-refractivity contribution in [3.05, 3.63) is 17.7 Å². The minimum atomic E-state index is -0.117. The lowest BCUT2D eigenvalue weighted by Crippen LogP contribution is -2.35. The van der Waals surface area contributed by atoms with E-state index in [1.807, 2.05) is 0 Å². The first-order valence-corrected chi connectivity index (χ1v) is 8.30. The van der Waals surface area contributed by atoms with Crippen LogP contribution in [0.1, 0.15) is 55.3 Å². The van der Waals surface area contributed by atoms with E-state index in [9.17, 15) is 4.79 Å². The van der Waals surface area contributed by atoms with Crippen molar-refractivity contribution in [2.45, 2.75) is 51.0 Å². The Balaban J connectivity index is 2.16. The molecule has 0 atom stereocenters. The van der Waals surface area contributed by atoms with Crippen molar-refractivity contribution in [2.75, 3.05) is 21.3 Å². The van der Waals surface area contributed by atoms with Crippen molar-refractivity contribution in [3.63, 3.8) is 0 Å². The molecule has 1 fully saturated rings. The Morgan fingerprint density at radius 3 is 1.96 bits per heavy atom. The zero-order valence-corrected chi connectivity index (χ0v) is 14.3. The van der Waals surface area contributed by atoms with Crippen molar-refractivity contribution < 1.29 is 19.0 Å². The molecule has 1 aliphatic carbocycles. The molecule has 0 radical (unpaired) electrons. The van der Waals surface area contributed by atoms with Crippen LogP contribution in [0.3, 0.4) is 0 Å². The third-order valence-electron chi connectivity index (χ3n) is 4.39. The summed E-state index contributed by atoms with van der Waals surface area (Å²) in [7, 11) is 4.67. The summed E-state index contributed by atoms with van der Waals surface area (Å²) < 4.78 is 15.9. The van der Waals surface area contributed by atoms with E-state index in [1.54, 1.807) is 33.5 Å². The number of carbonyl (C=O) groups excluding carboxylic acids is 1. The Kier molecular flexibility index (Phi) is 6.56. The maximum absolute atomic E-state index is 12.7. The van der Waals surface area contributed by atoms with Crippen molar-refractivity contribution in [3.8, 4) is 17.2 Å². The molecule has 1 aliphatic rings. The number of nitrogens with one attached hydrogen (secondary N) is 1. The molecule has 128 valence electrons. The zero-order valence-electron chi connectivity index (χ0n) is 14.3. The average Bonchev–Trinajstić information content (AvgIpc) is 2.55. The van der Waals surface area contributed by atoms with Crippen LogP contribution in [0.15, 0.2) is 12.1 Å². The first-order valence-electron chi connectivity index (χ1n) is 8.30. The van der Waals surface area contributed by atoms with Crippen LogP contribution in [0.2, 0.25) is 0 Å². The predicted molar refractivity (Wildman–Crippen MR) is 89.7 cm³/mol. The highest BCUT2D eigenvalue weighted by Crippen LogP contribution is 2.34. The molecule has 1 amide bonds. The van der Waals surface area contributed by atoms with Gasteiger partial charge in [0.15, 0.2) is 11.5 Å². The van der Waals surface area contributed by atoms with Crippen LogP contribution in [0.4, 0.5) is 0 Å². The summed E-state index contributed by atoms with van der Waals surface area (Å²) >= 11 is 0. The summed E-state index contributed by atoms with van der Waals surface area (Å²) in [6, 6.07) is 3.60. The summed E-state index contributed by atoms with van der Waals surface area (Å²) in [4.78, 5) is 12.7. The molecule has 1 saturated carbocycles. The topological polar surface area (TPSA) is 56.8 Å². The van der Waals surface area contributed by atoms with Crippen LogP contribution in [0, 0.1) is 0 Å². The fourth-order valence-corrected chi connectivity index (χ4v) is 3.07. The first-order chi connectivity index (χ1) is 11.2. The molecule has 0 unspecified atom stereocenters. The molecule has 1 aromatic carbocycles.